The molecule has 2 aliphatic carbocycles. The van der Waals surface area contributed by atoms with Crippen LogP contribution in [0.2, 0.25) is 0 Å². The Morgan fingerprint density at radius 3 is 2.71 bits per heavy atom. The maximum absolute atomic E-state index is 13.5. The molecule has 110 valence electrons. The second-order valence-corrected chi connectivity index (χ2v) is 7.32. The van der Waals surface area contributed by atoms with Gasteiger partial charge in [-0.3, -0.25) is 9.59 Å². The third-order valence-corrected chi connectivity index (χ3v) is 5.89. The maximum Gasteiger partial charge on any atom is 0.299 e. The lowest BCUT2D eigenvalue weighted by Crippen LogP contribution is -2.36. The zero-order valence-corrected chi connectivity index (χ0v) is 13.0. The number of ketones is 1. The van der Waals surface area contributed by atoms with Gasteiger partial charge in [-0.05, 0) is 65.1 Å². The number of nitrogens with zero attached hydrogens (tertiary/aromatic N) is 1. The Morgan fingerprint density at radius 1 is 1.24 bits per heavy atom. The van der Waals surface area contributed by atoms with Crippen LogP contribution in [0.4, 0.5) is 10.1 Å². The van der Waals surface area contributed by atoms with Crippen molar-refractivity contribution in [2.45, 2.75) is 25.7 Å². The zero-order valence-electron chi connectivity index (χ0n) is 11.4. The molecule has 2 fully saturated rings. The van der Waals surface area contributed by atoms with Gasteiger partial charge in [-0.15, -0.1) is 0 Å². The van der Waals surface area contributed by atoms with Gasteiger partial charge in [0, 0.05) is 11.0 Å². The molecule has 1 aromatic rings. The first-order chi connectivity index (χ1) is 10.0. The van der Waals surface area contributed by atoms with Crippen LogP contribution in [0.1, 0.15) is 36.0 Å². The van der Waals surface area contributed by atoms with Crippen molar-refractivity contribution in [3.05, 3.63) is 28.0 Å². The van der Waals surface area contributed by atoms with E-state index in [0.717, 1.165) is 12.3 Å². The standard InChI is InChI=1S/C16H15BrFNO2/c17-13-6-11(18)5-12-14(13)19(16(21)15(12)20)7-10-4-8-1-2-9(10)3-8/h5-6,8-10H,1-4,7H2. The molecule has 0 saturated heterocycles. The van der Waals surface area contributed by atoms with E-state index in [1.165, 1.54) is 31.4 Å². The van der Waals surface area contributed by atoms with Crippen LogP contribution < -0.4 is 4.90 Å². The third kappa shape index (κ3) is 1.97. The molecule has 1 aromatic carbocycles. The van der Waals surface area contributed by atoms with Crippen molar-refractivity contribution in [1.29, 1.82) is 0 Å². The molecule has 3 atom stereocenters. The topological polar surface area (TPSA) is 37.4 Å². The maximum atomic E-state index is 13.5. The summed E-state index contributed by atoms with van der Waals surface area (Å²) in [6.07, 6.45) is 4.96. The molecular weight excluding hydrogens is 337 g/mol. The van der Waals surface area contributed by atoms with Gasteiger partial charge in [0.2, 0.25) is 0 Å². The van der Waals surface area contributed by atoms with Crippen LogP contribution in [0.3, 0.4) is 0 Å². The largest absolute Gasteiger partial charge is 0.303 e. The summed E-state index contributed by atoms with van der Waals surface area (Å²) >= 11 is 3.30. The quantitative estimate of drug-likeness (QED) is 0.764. The minimum Gasteiger partial charge on any atom is -0.303 e. The van der Waals surface area contributed by atoms with Gasteiger partial charge in [-0.2, -0.15) is 0 Å². The van der Waals surface area contributed by atoms with E-state index in [1.807, 2.05) is 0 Å². The molecule has 4 rings (SSSR count). The molecule has 0 aromatic heterocycles. The number of halogens is 2. The molecule has 2 bridgehead atoms. The van der Waals surface area contributed by atoms with E-state index in [0.29, 0.717) is 28.5 Å². The second kappa shape index (κ2) is 4.63. The van der Waals surface area contributed by atoms with Gasteiger partial charge in [0.25, 0.3) is 11.7 Å². The van der Waals surface area contributed by atoms with Crippen molar-refractivity contribution < 1.29 is 14.0 Å². The summed E-state index contributed by atoms with van der Waals surface area (Å²) in [7, 11) is 0. The summed E-state index contributed by atoms with van der Waals surface area (Å²) in [5.41, 5.74) is 0.740. The molecule has 5 heteroatoms. The van der Waals surface area contributed by atoms with Gasteiger partial charge in [0.15, 0.2) is 0 Å². The molecule has 3 unspecified atom stereocenters. The number of amides is 1. The van der Waals surface area contributed by atoms with Crippen LogP contribution in [-0.4, -0.2) is 18.2 Å². The number of Topliss-reactive ketones (excluding diaryl/α,β-unsaturated/α-hetero) is 1. The average molecular weight is 352 g/mol. The summed E-state index contributed by atoms with van der Waals surface area (Å²) in [4.78, 5) is 25.9. The van der Waals surface area contributed by atoms with Crippen molar-refractivity contribution in [3.63, 3.8) is 0 Å². The predicted molar refractivity (Wildman–Crippen MR) is 79.7 cm³/mol. The van der Waals surface area contributed by atoms with Gasteiger partial charge in [-0.1, -0.05) is 6.42 Å². The van der Waals surface area contributed by atoms with E-state index in [4.69, 9.17) is 0 Å². The summed E-state index contributed by atoms with van der Waals surface area (Å²) in [5, 5.41) is 0. The van der Waals surface area contributed by atoms with Gasteiger partial charge in [-0.25, -0.2) is 4.39 Å². The lowest BCUT2D eigenvalue weighted by molar-refractivity contribution is -0.114. The summed E-state index contributed by atoms with van der Waals surface area (Å²) < 4.78 is 14.0. The third-order valence-electron chi connectivity index (χ3n) is 5.28. The van der Waals surface area contributed by atoms with Crippen molar-refractivity contribution in [2.24, 2.45) is 17.8 Å². The molecule has 3 nitrogen and oxygen atoms in total. The van der Waals surface area contributed by atoms with E-state index in [1.54, 1.807) is 4.90 Å². The lowest BCUT2D eigenvalue weighted by atomic mass is 9.88. The SMILES string of the molecule is O=C1C(=O)N(CC2CC3CCC2C3)c2c(Br)cc(F)cc21. The molecule has 3 aliphatic rings. The predicted octanol–water partition coefficient (Wildman–Crippen LogP) is 3.55. The van der Waals surface area contributed by atoms with Crippen LogP contribution in [0, 0.1) is 23.6 Å². The first-order valence-corrected chi connectivity index (χ1v) is 8.19. The Kier molecular flexibility index (Phi) is 2.96. The normalized spacial score (nSPS) is 30.4. The summed E-state index contributed by atoms with van der Waals surface area (Å²) in [6.45, 7) is 0.586. The van der Waals surface area contributed by atoms with E-state index in [2.05, 4.69) is 15.9 Å². The number of rotatable bonds is 2. The highest BCUT2D eigenvalue weighted by Crippen LogP contribution is 2.49. The molecule has 1 amide bonds. The number of anilines is 1. The number of carbonyl (C=O) groups excluding carboxylic acids is 2. The average Bonchev–Trinajstić information content (AvgIpc) is 3.10. The van der Waals surface area contributed by atoms with Gasteiger partial charge in [0.1, 0.15) is 5.82 Å². The molecule has 0 radical (unpaired) electrons. The first kappa shape index (κ1) is 13.4. The van der Waals surface area contributed by atoms with Crippen LogP contribution in [-0.2, 0) is 4.79 Å². The molecule has 0 spiro atoms. The molecule has 2 saturated carbocycles. The van der Waals surface area contributed by atoms with Gasteiger partial charge >= 0.3 is 0 Å². The van der Waals surface area contributed by atoms with Crippen LogP contribution in [0.15, 0.2) is 16.6 Å². The fourth-order valence-corrected chi connectivity index (χ4v) is 5.01. The molecule has 0 N–H and O–H groups in total. The van der Waals surface area contributed by atoms with E-state index in [-0.39, 0.29) is 5.56 Å². The van der Waals surface area contributed by atoms with Crippen molar-refractivity contribution in [2.75, 3.05) is 11.4 Å². The Balaban J connectivity index is 1.68. The highest BCUT2D eigenvalue weighted by Gasteiger charge is 2.44. The zero-order chi connectivity index (χ0) is 14.7. The fraction of sp³-hybridized carbons (Fsp3) is 0.500. The van der Waals surface area contributed by atoms with Gasteiger partial charge < -0.3 is 4.90 Å². The highest BCUT2D eigenvalue weighted by molar-refractivity contribution is 9.10. The van der Waals surface area contributed by atoms with E-state index in [9.17, 15) is 14.0 Å². The number of carbonyl (C=O) groups is 2. The fourth-order valence-electron chi connectivity index (χ4n) is 4.36. The second-order valence-electron chi connectivity index (χ2n) is 6.46. The van der Waals surface area contributed by atoms with Gasteiger partial charge in [0.05, 0.1) is 11.3 Å². The molecule has 1 heterocycles. The van der Waals surface area contributed by atoms with E-state index < -0.39 is 17.5 Å². The highest BCUT2D eigenvalue weighted by atomic mass is 79.9. The van der Waals surface area contributed by atoms with Crippen molar-refractivity contribution in [1.82, 2.24) is 0 Å². The van der Waals surface area contributed by atoms with Crippen LogP contribution >= 0.6 is 15.9 Å². The smallest absolute Gasteiger partial charge is 0.299 e. The number of benzene rings is 1. The van der Waals surface area contributed by atoms with Crippen molar-refractivity contribution in [3.8, 4) is 0 Å². The number of hydrogen-bond acceptors (Lipinski definition) is 2. The molecular formula is C16H15BrFNO2. The summed E-state index contributed by atoms with van der Waals surface area (Å²) in [6, 6.07) is 2.49. The first-order valence-electron chi connectivity index (χ1n) is 7.40. The Labute approximate surface area is 130 Å². The number of fused-ring (bicyclic) bond motifs is 3. The molecule has 1 aliphatic heterocycles. The van der Waals surface area contributed by atoms with Crippen LogP contribution in [0.5, 0.6) is 0 Å². The molecule has 21 heavy (non-hydrogen) atoms. The number of hydrogen-bond donors (Lipinski definition) is 0. The Hall–Kier alpha value is -1.23. The van der Waals surface area contributed by atoms with Crippen molar-refractivity contribution >= 4 is 33.3 Å². The monoisotopic (exact) mass is 351 g/mol. The lowest BCUT2D eigenvalue weighted by Gasteiger charge is -2.27. The summed E-state index contributed by atoms with van der Waals surface area (Å²) in [5.74, 6) is 0.352. The Morgan fingerprint density at radius 2 is 2.05 bits per heavy atom. The minimum absolute atomic E-state index is 0.190. The minimum atomic E-state index is -0.589. The van der Waals surface area contributed by atoms with Crippen LogP contribution in [0.25, 0.3) is 0 Å². The van der Waals surface area contributed by atoms with E-state index >= 15 is 0 Å². The Bertz CT molecular complexity index is 660.